The number of carbonyl (C=O) groups is 1. The number of hydrogen-bond acceptors (Lipinski definition) is 5. The predicted octanol–water partition coefficient (Wildman–Crippen LogP) is 2.97. The molecule has 5 nitrogen and oxygen atoms in total. The Kier molecular flexibility index (Phi) is 6.98. The second kappa shape index (κ2) is 9.65. The lowest BCUT2D eigenvalue weighted by Gasteiger charge is -2.36. The number of benzene rings is 2. The molecule has 3 rings (SSSR count). The number of aliphatic hydroxyl groups is 1. The maximum absolute atomic E-state index is 11.2. The third-order valence-electron chi connectivity index (χ3n) is 4.77. The Morgan fingerprint density at radius 2 is 1.85 bits per heavy atom. The topological polar surface area (TPSA) is 67.8 Å². The largest absolute Gasteiger partial charge is 0.491 e. The molecule has 1 atom stereocenters. The van der Waals surface area contributed by atoms with Crippen LogP contribution in [0.25, 0.3) is 0 Å². The van der Waals surface area contributed by atoms with Crippen LogP contribution in [0.2, 0.25) is 0 Å². The van der Waals surface area contributed by atoms with Crippen molar-refractivity contribution in [3.05, 3.63) is 65.7 Å². The zero-order chi connectivity index (χ0) is 19.1. The van der Waals surface area contributed by atoms with Crippen molar-refractivity contribution in [2.24, 2.45) is 0 Å². The highest BCUT2D eigenvalue weighted by molar-refractivity contribution is 5.94. The lowest BCUT2D eigenvalue weighted by atomic mass is 9.89. The lowest BCUT2D eigenvalue weighted by molar-refractivity contribution is -0.0292. The van der Waals surface area contributed by atoms with Crippen molar-refractivity contribution in [1.82, 2.24) is 5.32 Å². The number of aliphatic hydroxyl groups excluding tert-OH is 1. The van der Waals surface area contributed by atoms with Gasteiger partial charge in [0.2, 0.25) is 0 Å². The monoisotopic (exact) mass is 369 g/mol. The van der Waals surface area contributed by atoms with Gasteiger partial charge in [-0.05, 0) is 49.6 Å². The molecule has 0 bridgehead atoms. The molecular weight excluding hydrogens is 342 g/mol. The fourth-order valence-electron chi connectivity index (χ4n) is 3.00. The van der Waals surface area contributed by atoms with Gasteiger partial charge in [-0.3, -0.25) is 4.79 Å². The summed E-state index contributed by atoms with van der Waals surface area (Å²) in [5, 5.41) is 13.4. The molecule has 0 amide bonds. The minimum Gasteiger partial charge on any atom is -0.491 e. The van der Waals surface area contributed by atoms with Crippen LogP contribution in [0.3, 0.4) is 0 Å². The molecule has 2 aromatic carbocycles. The van der Waals surface area contributed by atoms with Crippen LogP contribution in [-0.4, -0.2) is 42.3 Å². The Balaban J connectivity index is 1.27. The summed E-state index contributed by atoms with van der Waals surface area (Å²) in [6.45, 7) is 2.88. The molecule has 2 N–H and O–H groups in total. The number of carbonyl (C=O) groups excluding carboxylic acids is 1. The highest BCUT2D eigenvalue weighted by atomic mass is 16.5. The van der Waals surface area contributed by atoms with E-state index in [0.29, 0.717) is 30.5 Å². The quantitative estimate of drug-likeness (QED) is 0.630. The average molecular weight is 369 g/mol. The van der Waals surface area contributed by atoms with Gasteiger partial charge in [-0.1, -0.05) is 30.3 Å². The fraction of sp³-hybridized carbons (Fsp3) is 0.409. The highest BCUT2D eigenvalue weighted by Gasteiger charge is 2.29. The van der Waals surface area contributed by atoms with Crippen molar-refractivity contribution in [2.75, 3.05) is 13.2 Å². The molecule has 0 radical (unpaired) electrons. The van der Waals surface area contributed by atoms with E-state index < -0.39 is 6.10 Å². The summed E-state index contributed by atoms with van der Waals surface area (Å²) in [7, 11) is 0. The Hall–Kier alpha value is -2.21. The fourth-order valence-corrected chi connectivity index (χ4v) is 3.00. The van der Waals surface area contributed by atoms with E-state index in [9.17, 15) is 9.90 Å². The number of nitrogens with one attached hydrogen (secondary N) is 1. The van der Waals surface area contributed by atoms with E-state index in [0.717, 1.165) is 12.8 Å². The minimum absolute atomic E-state index is 0.0253. The van der Waals surface area contributed by atoms with Gasteiger partial charge >= 0.3 is 0 Å². The molecular formula is C22H27NO4. The molecule has 0 heterocycles. The normalized spacial score (nSPS) is 19.9. The van der Waals surface area contributed by atoms with Crippen LogP contribution in [-0.2, 0) is 11.3 Å². The molecule has 1 fully saturated rings. The molecule has 1 saturated carbocycles. The van der Waals surface area contributed by atoms with Crippen LogP contribution in [0.15, 0.2) is 54.6 Å². The van der Waals surface area contributed by atoms with Gasteiger partial charge in [0.1, 0.15) is 18.5 Å². The zero-order valence-corrected chi connectivity index (χ0v) is 15.6. The maximum Gasteiger partial charge on any atom is 0.159 e. The third-order valence-corrected chi connectivity index (χ3v) is 4.77. The van der Waals surface area contributed by atoms with Crippen LogP contribution < -0.4 is 10.1 Å². The maximum atomic E-state index is 11.2. The molecule has 0 aromatic heterocycles. The van der Waals surface area contributed by atoms with Gasteiger partial charge in [-0.15, -0.1) is 0 Å². The zero-order valence-electron chi connectivity index (χ0n) is 15.6. The van der Waals surface area contributed by atoms with E-state index in [1.165, 1.54) is 12.5 Å². The van der Waals surface area contributed by atoms with E-state index in [1.807, 2.05) is 18.2 Å². The second-order valence-electron chi connectivity index (χ2n) is 7.04. The summed E-state index contributed by atoms with van der Waals surface area (Å²) < 4.78 is 11.5. The van der Waals surface area contributed by atoms with Gasteiger partial charge in [-0.25, -0.2) is 0 Å². The van der Waals surface area contributed by atoms with E-state index >= 15 is 0 Å². The number of ether oxygens (including phenoxy) is 2. The Bertz CT molecular complexity index is 711. The Morgan fingerprint density at radius 3 is 2.52 bits per heavy atom. The van der Waals surface area contributed by atoms with Crippen molar-refractivity contribution in [3.8, 4) is 5.75 Å². The predicted molar refractivity (Wildman–Crippen MR) is 104 cm³/mol. The summed E-state index contributed by atoms with van der Waals surface area (Å²) in [6.07, 6.45) is 1.64. The first-order valence-electron chi connectivity index (χ1n) is 9.41. The first-order chi connectivity index (χ1) is 13.1. The van der Waals surface area contributed by atoms with Crippen LogP contribution >= 0.6 is 0 Å². The number of Topliss-reactive ketones (excluding diaryl/α,β-unsaturated/α-hetero) is 1. The molecule has 0 aliphatic heterocycles. The number of hydrogen-bond donors (Lipinski definition) is 2. The van der Waals surface area contributed by atoms with Crippen molar-refractivity contribution >= 4 is 5.78 Å². The van der Waals surface area contributed by atoms with Crippen molar-refractivity contribution in [3.63, 3.8) is 0 Å². The number of rotatable bonds is 10. The summed E-state index contributed by atoms with van der Waals surface area (Å²) >= 11 is 0. The first kappa shape index (κ1) is 19.5. The van der Waals surface area contributed by atoms with Gasteiger partial charge in [0.15, 0.2) is 5.78 Å². The lowest BCUT2D eigenvalue weighted by Crippen LogP contribution is -2.48. The summed E-state index contributed by atoms with van der Waals surface area (Å²) in [5.74, 6) is 0.675. The van der Waals surface area contributed by atoms with Gasteiger partial charge in [0.25, 0.3) is 0 Å². The van der Waals surface area contributed by atoms with Gasteiger partial charge in [0, 0.05) is 18.2 Å². The van der Waals surface area contributed by atoms with Crippen LogP contribution in [0, 0.1) is 0 Å². The van der Waals surface area contributed by atoms with Gasteiger partial charge in [0.05, 0.1) is 12.7 Å². The van der Waals surface area contributed by atoms with Crippen molar-refractivity contribution < 1.29 is 19.4 Å². The van der Waals surface area contributed by atoms with Crippen LogP contribution in [0.5, 0.6) is 5.75 Å². The summed E-state index contributed by atoms with van der Waals surface area (Å²) in [6, 6.07) is 17.5. The molecule has 2 aromatic rings. The van der Waals surface area contributed by atoms with E-state index in [2.05, 4.69) is 17.4 Å². The molecule has 0 spiro atoms. The highest BCUT2D eigenvalue weighted by Crippen LogP contribution is 2.24. The van der Waals surface area contributed by atoms with Crippen LogP contribution in [0.4, 0.5) is 0 Å². The summed E-state index contributed by atoms with van der Waals surface area (Å²) in [5.41, 5.74) is 1.84. The van der Waals surface area contributed by atoms with E-state index in [1.54, 1.807) is 24.3 Å². The second-order valence-corrected chi connectivity index (χ2v) is 7.04. The molecule has 1 unspecified atom stereocenters. The smallest absolute Gasteiger partial charge is 0.159 e. The average Bonchev–Trinajstić information content (AvgIpc) is 2.66. The Labute approximate surface area is 160 Å². The first-order valence-corrected chi connectivity index (χ1v) is 9.41. The van der Waals surface area contributed by atoms with Gasteiger partial charge < -0.3 is 19.9 Å². The van der Waals surface area contributed by atoms with E-state index in [4.69, 9.17) is 9.47 Å². The summed E-state index contributed by atoms with van der Waals surface area (Å²) in [4.78, 5) is 11.2. The SMILES string of the molecule is CC(=O)c1ccc(OCC(O)CNC2CC(OCc3ccccc3)C2)cc1. The molecule has 0 saturated heterocycles. The van der Waals surface area contributed by atoms with E-state index in [-0.39, 0.29) is 18.5 Å². The third kappa shape index (κ3) is 6.17. The number of ketones is 1. The molecule has 27 heavy (non-hydrogen) atoms. The van der Waals surface area contributed by atoms with Crippen molar-refractivity contribution in [2.45, 2.75) is 44.6 Å². The molecule has 1 aliphatic carbocycles. The van der Waals surface area contributed by atoms with Crippen molar-refractivity contribution in [1.29, 1.82) is 0 Å². The standard InChI is InChI=1S/C22H27NO4/c1-16(24)18-7-9-21(10-8-18)27-15-20(25)13-23-19-11-22(12-19)26-14-17-5-3-2-4-6-17/h2-10,19-20,22-23,25H,11-15H2,1H3. The molecule has 1 aliphatic rings. The van der Waals surface area contributed by atoms with Gasteiger partial charge in [-0.2, -0.15) is 0 Å². The minimum atomic E-state index is -0.582. The van der Waals surface area contributed by atoms with Crippen LogP contribution in [0.1, 0.15) is 35.7 Å². The molecule has 5 heteroatoms. The Morgan fingerprint density at radius 1 is 1.15 bits per heavy atom. The molecule has 144 valence electrons.